The van der Waals surface area contributed by atoms with E-state index in [9.17, 15) is 0 Å². The van der Waals surface area contributed by atoms with Gasteiger partial charge in [-0.1, -0.05) is 0 Å². The first-order valence-electron chi connectivity index (χ1n) is 9.56. The molecule has 6 rings (SSSR count). The Morgan fingerprint density at radius 3 is 1.41 bits per heavy atom. The molecule has 0 unspecified atom stereocenters. The molecule has 0 radical (unpaired) electrons. The second-order valence-corrected chi connectivity index (χ2v) is 9.53. The maximum atomic E-state index is 2.38. The average Bonchev–Trinajstić information content (AvgIpc) is 3.28. The molecule has 126 valence electrons. The van der Waals surface area contributed by atoms with Crippen molar-refractivity contribution >= 4 is 7.74 Å². The van der Waals surface area contributed by atoms with Gasteiger partial charge in [0.2, 0.25) is 0 Å². The monoisotopic (exact) mass is 378 g/mol. The molecule has 0 saturated heterocycles. The topological polar surface area (TPSA) is 0 Å². The summed E-state index contributed by atoms with van der Waals surface area (Å²) in [6.45, 7) is 0. The number of benzene rings is 4. The molecule has 0 aliphatic heterocycles. The Morgan fingerprint density at radius 2 is 0.889 bits per heavy atom. The third kappa shape index (κ3) is 2.41. The Kier molecular flexibility index (Phi) is 3.51. The van der Waals surface area contributed by atoms with Crippen molar-refractivity contribution in [3.05, 3.63) is 107 Å². The molecule has 0 aromatic heterocycles. The second-order valence-electron chi connectivity index (χ2n) is 7.46. The van der Waals surface area contributed by atoms with Crippen LogP contribution in [0.25, 0.3) is 22.3 Å². The van der Waals surface area contributed by atoms with Crippen molar-refractivity contribution < 1.29 is 19.2 Å². The predicted octanol–water partition coefficient (Wildman–Crippen LogP) is 4.86. The molecule has 4 aromatic rings. The zero-order valence-corrected chi connectivity index (χ0v) is 16.6. The molecule has 4 aromatic carbocycles. The van der Waals surface area contributed by atoms with E-state index in [-0.39, 0.29) is 19.2 Å². The van der Waals surface area contributed by atoms with E-state index in [1.807, 2.05) is 0 Å². The van der Waals surface area contributed by atoms with Crippen LogP contribution in [-0.4, -0.2) is 0 Å². The van der Waals surface area contributed by atoms with Gasteiger partial charge in [0.25, 0.3) is 0 Å². The van der Waals surface area contributed by atoms with E-state index in [1.165, 1.54) is 33.4 Å². The Hall–Kier alpha value is -2.41. The molecule has 2 aliphatic rings. The van der Waals surface area contributed by atoms with Crippen LogP contribution in [0.3, 0.4) is 0 Å². The molecule has 0 fully saturated rings. The van der Waals surface area contributed by atoms with Gasteiger partial charge in [0.05, 0.1) is 0 Å². The first-order chi connectivity index (χ1) is 13.4. The molecule has 0 saturated carbocycles. The zero-order chi connectivity index (χ0) is 17.8. The standard InChI is InChI=1S/2C13H9.Ti/c2*1-3-7-12-10(5-1)9-11-6-2-4-8-13(11)12;/h2*1-5,7-8H,9H2;. The van der Waals surface area contributed by atoms with Gasteiger partial charge >= 0.3 is 169 Å². The van der Waals surface area contributed by atoms with Gasteiger partial charge in [-0.2, -0.15) is 0 Å². The molecule has 0 bridgehead atoms. The maximum absolute atomic E-state index is 2.38. The fraction of sp³-hybridized carbons (Fsp3) is 0.0769. The molecular weight excluding hydrogens is 360 g/mol. The summed E-state index contributed by atoms with van der Waals surface area (Å²) >= 11 is -0.354. The van der Waals surface area contributed by atoms with Crippen LogP contribution in [-0.2, 0) is 32.0 Å². The van der Waals surface area contributed by atoms with E-state index >= 15 is 0 Å². The van der Waals surface area contributed by atoms with Crippen molar-refractivity contribution in [3.8, 4) is 22.3 Å². The van der Waals surface area contributed by atoms with Gasteiger partial charge in [0.1, 0.15) is 0 Å². The summed E-state index contributed by atoms with van der Waals surface area (Å²) in [5, 5.41) is 0. The molecule has 1 heteroatoms. The Labute approximate surface area is 168 Å². The van der Waals surface area contributed by atoms with Crippen molar-refractivity contribution in [2.75, 3.05) is 0 Å². The van der Waals surface area contributed by atoms with Gasteiger partial charge in [-0.05, 0) is 0 Å². The molecule has 0 heterocycles. The summed E-state index contributed by atoms with van der Waals surface area (Å²) in [7, 11) is 0. The predicted molar refractivity (Wildman–Crippen MR) is 109 cm³/mol. The van der Waals surface area contributed by atoms with Crippen molar-refractivity contribution in [1.29, 1.82) is 0 Å². The van der Waals surface area contributed by atoms with Crippen LogP contribution in [0, 0.1) is 0 Å². The molecule has 0 N–H and O–H groups in total. The van der Waals surface area contributed by atoms with Crippen LogP contribution < -0.4 is 7.74 Å². The van der Waals surface area contributed by atoms with E-state index in [2.05, 4.69) is 84.9 Å². The van der Waals surface area contributed by atoms with E-state index < -0.39 is 0 Å². The minimum absolute atomic E-state index is 0.354. The van der Waals surface area contributed by atoms with Crippen molar-refractivity contribution in [2.45, 2.75) is 12.8 Å². The number of hydrogen-bond acceptors (Lipinski definition) is 0. The van der Waals surface area contributed by atoms with E-state index in [0.29, 0.717) is 0 Å². The van der Waals surface area contributed by atoms with Crippen LogP contribution in [0.2, 0.25) is 0 Å². The van der Waals surface area contributed by atoms with Gasteiger partial charge in [0, 0.05) is 0 Å². The third-order valence-corrected chi connectivity index (χ3v) is 8.28. The summed E-state index contributed by atoms with van der Waals surface area (Å²) in [5.41, 5.74) is 11.9. The first kappa shape index (κ1) is 15.6. The van der Waals surface area contributed by atoms with Gasteiger partial charge in [0.15, 0.2) is 0 Å². The SMILES string of the molecule is c1ccc2c(c1)Cc1[c]([Ti][c]3cccc4c3Cc3ccccc3-4)cccc1-2. The minimum atomic E-state index is -0.354. The van der Waals surface area contributed by atoms with Crippen LogP contribution in [0.5, 0.6) is 0 Å². The van der Waals surface area contributed by atoms with Crippen LogP contribution in [0.1, 0.15) is 22.3 Å². The van der Waals surface area contributed by atoms with E-state index in [0.717, 1.165) is 12.8 Å². The summed E-state index contributed by atoms with van der Waals surface area (Å²) < 4.78 is 3.21. The zero-order valence-electron chi connectivity index (χ0n) is 15.0. The molecule has 0 nitrogen and oxygen atoms in total. The molecule has 0 amide bonds. The van der Waals surface area contributed by atoms with Gasteiger partial charge in [-0.3, -0.25) is 0 Å². The van der Waals surface area contributed by atoms with Gasteiger partial charge in [-0.15, -0.1) is 0 Å². The molecular formula is C26H18Ti. The summed E-state index contributed by atoms with van der Waals surface area (Å²) in [5.74, 6) is 0. The van der Waals surface area contributed by atoms with Gasteiger partial charge in [-0.25, -0.2) is 0 Å². The molecule has 0 spiro atoms. The quantitative estimate of drug-likeness (QED) is 0.378. The Bertz CT molecular complexity index is 1110. The number of hydrogen-bond donors (Lipinski definition) is 0. The fourth-order valence-corrected chi connectivity index (χ4v) is 6.88. The van der Waals surface area contributed by atoms with E-state index in [1.54, 1.807) is 18.9 Å². The Balaban J connectivity index is 1.43. The van der Waals surface area contributed by atoms with Crippen molar-refractivity contribution in [1.82, 2.24) is 0 Å². The number of fused-ring (bicyclic) bond motifs is 6. The van der Waals surface area contributed by atoms with Crippen molar-refractivity contribution in [2.24, 2.45) is 0 Å². The van der Waals surface area contributed by atoms with Crippen molar-refractivity contribution in [3.63, 3.8) is 0 Å². The summed E-state index contributed by atoms with van der Waals surface area (Å²) in [4.78, 5) is 0. The molecule has 0 atom stereocenters. The normalized spacial score (nSPS) is 12.9. The Morgan fingerprint density at radius 1 is 0.444 bits per heavy atom. The second kappa shape index (κ2) is 6.06. The first-order valence-corrected chi connectivity index (χ1v) is 11.1. The van der Waals surface area contributed by atoms with Crippen LogP contribution >= 0.6 is 0 Å². The number of rotatable bonds is 2. The van der Waals surface area contributed by atoms with Gasteiger partial charge < -0.3 is 0 Å². The van der Waals surface area contributed by atoms with E-state index in [4.69, 9.17) is 0 Å². The average molecular weight is 378 g/mol. The molecule has 2 aliphatic carbocycles. The summed E-state index contributed by atoms with van der Waals surface area (Å²) in [6.07, 6.45) is 2.20. The molecule has 27 heavy (non-hydrogen) atoms. The van der Waals surface area contributed by atoms with Crippen LogP contribution in [0.4, 0.5) is 0 Å². The van der Waals surface area contributed by atoms with Crippen LogP contribution in [0.15, 0.2) is 84.9 Å². The third-order valence-electron chi connectivity index (χ3n) is 5.97. The summed E-state index contributed by atoms with van der Waals surface area (Å²) in [6, 6.07) is 31.7. The fourth-order valence-electron chi connectivity index (χ4n) is 4.69.